The Labute approximate surface area is 109 Å². The fraction of sp³-hybridized carbons (Fsp3) is 0.923. The summed E-state index contributed by atoms with van der Waals surface area (Å²) in [6.07, 6.45) is 3.76. The molecule has 2 aliphatic heterocycles. The minimum absolute atomic E-state index is 0.0799. The van der Waals surface area contributed by atoms with Crippen molar-refractivity contribution < 1.29 is 9.53 Å². The molecule has 2 rings (SSSR count). The highest BCUT2D eigenvalue weighted by Crippen LogP contribution is 2.15. The highest BCUT2D eigenvalue weighted by Gasteiger charge is 2.24. The van der Waals surface area contributed by atoms with Crippen molar-refractivity contribution in [3.63, 3.8) is 0 Å². The highest BCUT2D eigenvalue weighted by atomic mass is 16.5. The number of likely N-dealkylation sites (tertiary alicyclic amines) is 1. The second kappa shape index (κ2) is 7.07. The predicted octanol–water partition coefficient (Wildman–Crippen LogP) is -0.0346. The summed E-state index contributed by atoms with van der Waals surface area (Å²) in [5.74, 6) is 0.0799. The maximum atomic E-state index is 12.0. The average molecular weight is 255 g/mol. The number of nitrogens with one attached hydrogen (secondary N) is 2. The molecule has 5 nitrogen and oxygen atoms in total. The Morgan fingerprint density at radius 2 is 2.39 bits per heavy atom. The molecule has 2 atom stereocenters. The largest absolute Gasteiger partial charge is 0.378 e. The summed E-state index contributed by atoms with van der Waals surface area (Å²) in [7, 11) is 0. The van der Waals surface area contributed by atoms with Crippen molar-refractivity contribution in [1.82, 2.24) is 15.5 Å². The van der Waals surface area contributed by atoms with E-state index in [9.17, 15) is 4.79 Å². The molecule has 18 heavy (non-hydrogen) atoms. The molecule has 104 valence electrons. The molecular weight excluding hydrogens is 230 g/mol. The molecule has 0 aromatic carbocycles. The number of ether oxygens (including phenoxy) is 1. The lowest BCUT2D eigenvalue weighted by Crippen LogP contribution is -2.54. The fourth-order valence-corrected chi connectivity index (χ4v) is 2.78. The summed E-state index contributed by atoms with van der Waals surface area (Å²) in [5.41, 5.74) is 0. The van der Waals surface area contributed by atoms with E-state index in [4.69, 9.17) is 4.74 Å². The maximum absolute atomic E-state index is 12.0. The lowest BCUT2D eigenvalue weighted by molar-refractivity contribution is -0.126. The van der Waals surface area contributed by atoms with Gasteiger partial charge in [0, 0.05) is 19.1 Å². The number of likely N-dealkylation sites (N-methyl/N-ethyl adjacent to an activating group) is 1. The number of nitrogens with zero attached hydrogens (tertiary/aromatic N) is 1. The molecule has 2 N–H and O–H groups in total. The van der Waals surface area contributed by atoms with Gasteiger partial charge in [0.2, 0.25) is 5.91 Å². The van der Waals surface area contributed by atoms with Crippen molar-refractivity contribution in [3.8, 4) is 0 Å². The lowest BCUT2D eigenvalue weighted by Gasteiger charge is -2.35. The van der Waals surface area contributed by atoms with Crippen molar-refractivity contribution in [2.45, 2.75) is 38.3 Å². The number of morpholine rings is 1. The number of rotatable bonds is 4. The van der Waals surface area contributed by atoms with Crippen LogP contribution < -0.4 is 10.6 Å². The van der Waals surface area contributed by atoms with Crippen molar-refractivity contribution in [2.75, 3.05) is 39.4 Å². The van der Waals surface area contributed by atoms with E-state index < -0.39 is 0 Å². The van der Waals surface area contributed by atoms with Crippen LogP contribution in [0.2, 0.25) is 0 Å². The summed E-state index contributed by atoms with van der Waals surface area (Å²) in [4.78, 5) is 14.4. The van der Waals surface area contributed by atoms with Crippen LogP contribution in [0.5, 0.6) is 0 Å². The van der Waals surface area contributed by atoms with Gasteiger partial charge in [0.05, 0.1) is 13.2 Å². The van der Waals surface area contributed by atoms with E-state index in [0.29, 0.717) is 19.3 Å². The SMILES string of the molecule is CCN1CCCCC1CNC(=O)C1COCCN1. The van der Waals surface area contributed by atoms with Gasteiger partial charge in [-0.25, -0.2) is 0 Å². The van der Waals surface area contributed by atoms with Crippen molar-refractivity contribution >= 4 is 5.91 Å². The first-order chi connectivity index (χ1) is 8.81. The number of carbonyl (C=O) groups excluding carboxylic acids is 1. The molecule has 0 aromatic heterocycles. The van der Waals surface area contributed by atoms with Crippen LogP contribution in [-0.2, 0) is 9.53 Å². The van der Waals surface area contributed by atoms with E-state index >= 15 is 0 Å². The zero-order valence-electron chi connectivity index (χ0n) is 11.3. The van der Waals surface area contributed by atoms with Crippen LogP contribution in [0.1, 0.15) is 26.2 Å². The quantitative estimate of drug-likeness (QED) is 0.740. The number of piperidine rings is 1. The van der Waals surface area contributed by atoms with Crippen LogP contribution in [0.3, 0.4) is 0 Å². The summed E-state index contributed by atoms with van der Waals surface area (Å²) in [6.45, 7) is 7.17. The van der Waals surface area contributed by atoms with Gasteiger partial charge in [0.1, 0.15) is 6.04 Å². The van der Waals surface area contributed by atoms with E-state index in [-0.39, 0.29) is 11.9 Å². The molecule has 2 saturated heterocycles. The van der Waals surface area contributed by atoms with E-state index in [1.54, 1.807) is 0 Å². The van der Waals surface area contributed by atoms with Crippen LogP contribution in [-0.4, -0.2) is 62.3 Å². The molecule has 0 aromatic rings. The Balaban J connectivity index is 1.73. The van der Waals surface area contributed by atoms with Gasteiger partial charge in [-0.15, -0.1) is 0 Å². The summed E-state index contributed by atoms with van der Waals surface area (Å²) >= 11 is 0. The first-order valence-corrected chi connectivity index (χ1v) is 7.14. The Morgan fingerprint density at radius 1 is 1.50 bits per heavy atom. The normalized spacial score (nSPS) is 30.1. The lowest BCUT2D eigenvalue weighted by atomic mass is 10.0. The predicted molar refractivity (Wildman–Crippen MR) is 70.5 cm³/mol. The third-order valence-electron chi connectivity index (χ3n) is 3.91. The number of hydrogen-bond acceptors (Lipinski definition) is 4. The first-order valence-electron chi connectivity index (χ1n) is 7.14. The number of amides is 1. The summed E-state index contributed by atoms with van der Waals surface area (Å²) in [6, 6.07) is 0.342. The molecule has 0 radical (unpaired) electrons. The van der Waals surface area contributed by atoms with Crippen LogP contribution in [0.25, 0.3) is 0 Å². The number of hydrogen-bond donors (Lipinski definition) is 2. The zero-order valence-corrected chi connectivity index (χ0v) is 11.3. The molecule has 2 aliphatic rings. The Bertz CT molecular complexity index is 267. The van der Waals surface area contributed by atoms with Gasteiger partial charge in [-0.3, -0.25) is 9.69 Å². The molecule has 5 heteroatoms. The Morgan fingerprint density at radius 3 is 3.11 bits per heavy atom. The van der Waals surface area contributed by atoms with E-state index in [1.165, 1.54) is 25.8 Å². The molecule has 0 aliphatic carbocycles. The average Bonchev–Trinajstić information content (AvgIpc) is 2.46. The highest BCUT2D eigenvalue weighted by molar-refractivity contribution is 5.82. The summed E-state index contributed by atoms with van der Waals surface area (Å²) < 4.78 is 5.30. The maximum Gasteiger partial charge on any atom is 0.239 e. The molecule has 2 fully saturated rings. The van der Waals surface area contributed by atoms with Crippen molar-refractivity contribution in [1.29, 1.82) is 0 Å². The van der Waals surface area contributed by atoms with Crippen LogP contribution >= 0.6 is 0 Å². The van der Waals surface area contributed by atoms with Gasteiger partial charge >= 0.3 is 0 Å². The molecule has 0 saturated carbocycles. The van der Waals surface area contributed by atoms with E-state index in [0.717, 1.165) is 19.6 Å². The number of carbonyl (C=O) groups is 1. The van der Waals surface area contributed by atoms with Crippen molar-refractivity contribution in [3.05, 3.63) is 0 Å². The third kappa shape index (κ3) is 3.67. The fourth-order valence-electron chi connectivity index (χ4n) is 2.78. The van der Waals surface area contributed by atoms with Gasteiger partial charge in [0.15, 0.2) is 0 Å². The van der Waals surface area contributed by atoms with Crippen LogP contribution in [0.15, 0.2) is 0 Å². The van der Waals surface area contributed by atoms with Gasteiger partial charge in [0.25, 0.3) is 0 Å². The van der Waals surface area contributed by atoms with E-state index in [2.05, 4.69) is 22.5 Å². The molecule has 2 heterocycles. The molecule has 1 amide bonds. The molecular formula is C13H25N3O2. The first kappa shape index (κ1) is 13.8. The molecule has 0 spiro atoms. The molecule has 0 bridgehead atoms. The van der Waals surface area contributed by atoms with Crippen LogP contribution in [0.4, 0.5) is 0 Å². The van der Waals surface area contributed by atoms with Gasteiger partial charge in [-0.1, -0.05) is 13.3 Å². The Hall–Kier alpha value is -0.650. The Kier molecular flexibility index (Phi) is 5.41. The van der Waals surface area contributed by atoms with Crippen molar-refractivity contribution in [2.24, 2.45) is 0 Å². The third-order valence-corrected chi connectivity index (χ3v) is 3.91. The van der Waals surface area contributed by atoms with Crippen LogP contribution in [0, 0.1) is 0 Å². The van der Waals surface area contributed by atoms with Gasteiger partial charge in [-0.2, -0.15) is 0 Å². The minimum atomic E-state index is -0.169. The van der Waals surface area contributed by atoms with E-state index in [1.807, 2.05) is 0 Å². The smallest absolute Gasteiger partial charge is 0.239 e. The molecule has 2 unspecified atom stereocenters. The second-order valence-electron chi connectivity index (χ2n) is 5.10. The van der Waals surface area contributed by atoms with Gasteiger partial charge in [-0.05, 0) is 25.9 Å². The minimum Gasteiger partial charge on any atom is -0.378 e. The summed E-state index contributed by atoms with van der Waals surface area (Å²) in [5, 5.41) is 6.24. The second-order valence-corrected chi connectivity index (χ2v) is 5.10. The topological polar surface area (TPSA) is 53.6 Å². The van der Waals surface area contributed by atoms with Gasteiger partial charge < -0.3 is 15.4 Å². The standard InChI is InChI=1S/C13H25N3O2/c1-2-16-7-4-3-5-11(16)9-15-13(17)12-10-18-8-6-14-12/h11-12,14H,2-10H2,1H3,(H,15,17). The zero-order chi connectivity index (χ0) is 12.8. The monoisotopic (exact) mass is 255 g/mol.